The number of hydrogen-bond acceptors (Lipinski definition) is 3. The van der Waals surface area contributed by atoms with Crippen molar-refractivity contribution in [3.63, 3.8) is 0 Å². The Hall–Kier alpha value is -1.76. The van der Waals surface area contributed by atoms with Gasteiger partial charge in [0.05, 0.1) is 18.6 Å². The third-order valence-corrected chi connectivity index (χ3v) is 3.93. The van der Waals surface area contributed by atoms with Crippen molar-refractivity contribution in [1.82, 2.24) is 4.90 Å². The molecule has 1 aliphatic carbocycles. The van der Waals surface area contributed by atoms with Crippen molar-refractivity contribution >= 4 is 5.91 Å². The molecule has 4 heteroatoms. The summed E-state index contributed by atoms with van der Waals surface area (Å²) in [6, 6.07) is 4.15. The molecule has 1 aliphatic rings. The molecule has 0 aromatic carbocycles. The van der Waals surface area contributed by atoms with Crippen LogP contribution in [0.3, 0.4) is 0 Å². The van der Waals surface area contributed by atoms with Crippen LogP contribution in [-0.4, -0.2) is 17.9 Å². The summed E-state index contributed by atoms with van der Waals surface area (Å²) in [6.07, 6.45) is 8.81. The van der Waals surface area contributed by atoms with Gasteiger partial charge in [0, 0.05) is 19.2 Å². The highest BCUT2D eigenvalue weighted by Gasteiger charge is 2.40. The summed E-state index contributed by atoms with van der Waals surface area (Å²) in [7, 11) is 1.76. The normalized spacial score (nSPS) is 18.3. The number of carbonyl (C=O) groups is 1. The van der Waals surface area contributed by atoms with E-state index < -0.39 is 5.41 Å². The largest absolute Gasteiger partial charge is 0.472 e. The molecule has 1 fully saturated rings. The van der Waals surface area contributed by atoms with E-state index in [0.717, 1.165) is 31.2 Å². The van der Waals surface area contributed by atoms with Crippen LogP contribution in [0.4, 0.5) is 0 Å². The first-order chi connectivity index (χ1) is 9.18. The lowest BCUT2D eigenvalue weighted by Gasteiger charge is -2.29. The summed E-state index contributed by atoms with van der Waals surface area (Å²) < 4.78 is 5.01. The summed E-state index contributed by atoms with van der Waals surface area (Å²) in [4.78, 5) is 14.3. The standard InChI is InChI=1S/C15H20N2O2/c1-17(10-13-6-9-19-11-13)14(18)15(12-16)7-4-2-3-5-8-15/h6,9,11H,2-5,7-8,10H2,1H3. The number of hydrogen-bond donors (Lipinski definition) is 0. The second-order valence-corrected chi connectivity index (χ2v) is 5.40. The van der Waals surface area contributed by atoms with Crippen molar-refractivity contribution in [3.05, 3.63) is 24.2 Å². The molecule has 0 atom stereocenters. The maximum atomic E-state index is 12.6. The van der Waals surface area contributed by atoms with Gasteiger partial charge in [-0.05, 0) is 18.9 Å². The van der Waals surface area contributed by atoms with Crippen LogP contribution < -0.4 is 0 Å². The molecule has 1 aromatic heterocycles. The zero-order valence-electron chi connectivity index (χ0n) is 11.4. The van der Waals surface area contributed by atoms with E-state index in [1.54, 1.807) is 24.5 Å². The molecular formula is C15H20N2O2. The molecule has 0 saturated heterocycles. The van der Waals surface area contributed by atoms with Gasteiger partial charge in [-0.1, -0.05) is 25.7 Å². The summed E-state index contributed by atoms with van der Waals surface area (Å²) >= 11 is 0. The van der Waals surface area contributed by atoms with Crippen LogP contribution in [0.15, 0.2) is 23.0 Å². The number of nitrogens with zero attached hydrogens (tertiary/aromatic N) is 2. The third-order valence-electron chi connectivity index (χ3n) is 3.93. The molecular weight excluding hydrogens is 240 g/mol. The molecule has 1 saturated carbocycles. The smallest absolute Gasteiger partial charge is 0.243 e. The average molecular weight is 260 g/mol. The summed E-state index contributed by atoms with van der Waals surface area (Å²) in [5.74, 6) is -0.0434. The molecule has 0 spiro atoms. The molecule has 1 amide bonds. The van der Waals surface area contributed by atoms with Gasteiger partial charge in [0.15, 0.2) is 0 Å². The fourth-order valence-corrected chi connectivity index (χ4v) is 2.80. The zero-order chi connectivity index (χ0) is 13.7. The molecule has 102 valence electrons. The summed E-state index contributed by atoms with van der Waals surface area (Å²) in [5.41, 5.74) is 0.146. The molecule has 0 aliphatic heterocycles. The Morgan fingerprint density at radius 2 is 2.11 bits per heavy atom. The fourth-order valence-electron chi connectivity index (χ4n) is 2.80. The maximum Gasteiger partial charge on any atom is 0.243 e. The Morgan fingerprint density at radius 3 is 2.63 bits per heavy atom. The Bertz CT molecular complexity index is 451. The highest BCUT2D eigenvalue weighted by molar-refractivity contribution is 5.85. The minimum absolute atomic E-state index is 0.0434. The van der Waals surface area contributed by atoms with Crippen molar-refractivity contribution < 1.29 is 9.21 Å². The maximum absolute atomic E-state index is 12.6. The van der Waals surface area contributed by atoms with Crippen molar-refractivity contribution in [2.45, 2.75) is 45.1 Å². The number of carbonyl (C=O) groups excluding carboxylic acids is 1. The summed E-state index contributed by atoms with van der Waals surface area (Å²) in [6.45, 7) is 0.499. The Labute approximate surface area is 114 Å². The minimum Gasteiger partial charge on any atom is -0.472 e. The van der Waals surface area contributed by atoms with Gasteiger partial charge in [-0.2, -0.15) is 5.26 Å². The average Bonchev–Trinajstić information content (AvgIpc) is 2.80. The van der Waals surface area contributed by atoms with Crippen LogP contribution in [0.5, 0.6) is 0 Å². The number of furan rings is 1. The lowest BCUT2D eigenvalue weighted by Crippen LogP contribution is -2.40. The summed E-state index contributed by atoms with van der Waals surface area (Å²) in [5, 5.41) is 9.50. The van der Waals surface area contributed by atoms with Gasteiger partial charge in [0.25, 0.3) is 0 Å². The molecule has 2 rings (SSSR count). The second kappa shape index (κ2) is 5.92. The fraction of sp³-hybridized carbons (Fsp3) is 0.600. The van der Waals surface area contributed by atoms with Gasteiger partial charge in [-0.3, -0.25) is 4.79 Å². The lowest BCUT2D eigenvalue weighted by molar-refractivity contribution is -0.138. The van der Waals surface area contributed by atoms with Crippen molar-refractivity contribution in [2.75, 3.05) is 7.05 Å². The van der Waals surface area contributed by atoms with Crippen LogP contribution in [0.1, 0.15) is 44.1 Å². The monoisotopic (exact) mass is 260 g/mol. The minimum atomic E-state index is -0.811. The first kappa shape index (κ1) is 13.7. The van der Waals surface area contributed by atoms with E-state index in [-0.39, 0.29) is 5.91 Å². The van der Waals surface area contributed by atoms with Crippen molar-refractivity contribution in [2.24, 2.45) is 5.41 Å². The highest BCUT2D eigenvalue weighted by Crippen LogP contribution is 2.36. The Balaban J connectivity index is 2.09. The Morgan fingerprint density at radius 1 is 1.42 bits per heavy atom. The molecule has 0 bridgehead atoms. The SMILES string of the molecule is CN(Cc1ccoc1)C(=O)C1(C#N)CCCCCC1. The van der Waals surface area contributed by atoms with Crippen molar-refractivity contribution in [3.8, 4) is 6.07 Å². The van der Waals surface area contributed by atoms with Crippen LogP contribution in [0, 0.1) is 16.7 Å². The van der Waals surface area contributed by atoms with Gasteiger partial charge >= 0.3 is 0 Å². The third kappa shape index (κ3) is 2.98. The second-order valence-electron chi connectivity index (χ2n) is 5.40. The molecule has 1 heterocycles. The van der Waals surface area contributed by atoms with E-state index in [0.29, 0.717) is 19.4 Å². The van der Waals surface area contributed by atoms with E-state index in [1.165, 1.54) is 0 Å². The van der Waals surface area contributed by atoms with E-state index in [2.05, 4.69) is 6.07 Å². The molecule has 19 heavy (non-hydrogen) atoms. The number of nitriles is 1. The first-order valence-electron chi connectivity index (χ1n) is 6.86. The van der Waals surface area contributed by atoms with Crippen LogP contribution in [-0.2, 0) is 11.3 Å². The van der Waals surface area contributed by atoms with Gasteiger partial charge in [-0.15, -0.1) is 0 Å². The zero-order valence-corrected chi connectivity index (χ0v) is 11.4. The van der Waals surface area contributed by atoms with Crippen LogP contribution >= 0.6 is 0 Å². The van der Waals surface area contributed by atoms with E-state index in [4.69, 9.17) is 4.42 Å². The molecule has 1 aromatic rings. The lowest BCUT2D eigenvalue weighted by atomic mass is 9.80. The molecule has 0 radical (unpaired) electrons. The molecule has 4 nitrogen and oxygen atoms in total. The quantitative estimate of drug-likeness (QED) is 0.785. The number of rotatable bonds is 3. The Kier molecular flexibility index (Phi) is 4.26. The van der Waals surface area contributed by atoms with Crippen molar-refractivity contribution in [1.29, 1.82) is 5.26 Å². The molecule has 0 unspecified atom stereocenters. The topological polar surface area (TPSA) is 57.2 Å². The highest BCUT2D eigenvalue weighted by atomic mass is 16.3. The van der Waals surface area contributed by atoms with Gasteiger partial charge in [0.1, 0.15) is 5.41 Å². The van der Waals surface area contributed by atoms with Gasteiger partial charge in [-0.25, -0.2) is 0 Å². The van der Waals surface area contributed by atoms with Crippen LogP contribution in [0.25, 0.3) is 0 Å². The molecule has 0 N–H and O–H groups in total. The number of amides is 1. The van der Waals surface area contributed by atoms with E-state index in [9.17, 15) is 10.1 Å². The van der Waals surface area contributed by atoms with E-state index >= 15 is 0 Å². The predicted molar refractivity (Wildman–Crippen MR) is 70.9 cm³/mol. The van der Waals surface area contributed by atoms with Gasteiger partial charge in [0.2, 0.25) is 5.91 Å². The predicted octanol–water partition coefficient (Wildman–Crippen LogP) is 3.10. The van der Waals surface area contributed by atoms with Gasteiger partial charge < -0.3 is 9.32 Å². The first-order valence-corrected chi connectivity index (χ1v) is 6.86. The van der Waals surface area contributed by atoms with E-state index in [1.807, 2.05) is 6.07 Å². The van der Waals surface area contributed by atoms with Crippen LogP contribution in [0.2, 0.25) is 0 Å².